The van der Waals surface area contributed by atoms with Gasteiger partial charge in [-0.25, -0.2) is 17.9 Å². The highest BCUT2D eigenvalue weighted by Gasteiger charge is 2.12. The molecule has 0 saturated carbocycles. The van der Waals surface area contributed by atoms with E-state index in [2.05, 4.69) is 0 Å². The summed E-state index contributed by atoms with van der Waals surface area (Å²) < 4.78 is 36.9. The fourth-order valence-electron chi connectivity index (χ4n) is 2.83. The largest absolute Gasteiger partial charge is 0.375 e. The number of hydrogen-bond donors (Lipinski definition) is 1. The van der Waals surface area contributed by atoms with Crippen molar-refractivity contribution in [3.05, 3.63) is 72.5 Å². The predicted octanol–water partition coefficient (Wildman–Crippen LogP) is 3.87. The Hall–Kier alpha value is -2.70. The van der Waals surface area contributed by atoms with Gasteiger partial charge in [0.05, 0.1) is 10.6 Å². The van der Waals surface area contributed by atoms with Crippen molar-refractivity contribution >= 4 is 15.7 Å². The van der Waals surface area contributed by atoms with Crippen LogP contribution in [0.1, 0.15) is 0 Å². The van der Waals surface area contributed by atoms with Crippen LogP contribution in [0.15, 0.2) is 71.6 Å². The fourth-order valence-corrected chi connectivity index (χ4v) is 3.35. The molecule has 0 aliphatic rings. The van der Waals surface area contributed by atoms with Gasteiger partial charge >= 0.3 is 0 Å². The van der Waals surface area contributed by atoms with Gasteiger partial charge in [-0.1, -0.05) is 42.5 Å². The van der Waals surface area contributed by atoms with Crippen LogP contribution in [0, 0.1) is 5.82 Å². The Bertz CT molecular complexity index is 1050. The highest BCUT2D eigenvalue weighted by molar-refractivity contribution is 7.89. The molecule has 3 rings (SSSR count). The Balaban J connectivity index is 2.11. The van der Waals surface area contributed by atoms with E-state index in [1.807, 2.05) is 24.3 Å². The summed E-state index contributed by atoms with van der Waals surface area (Å²) in [6.45, 7) is 0. The summed E-state index contributed by atoms with van der Waals surface area (Å²) in [7, 11) is -0.148. The van der Waals surface area contributed by atoms with Crippen LogP contribution in [0.5, 0.6) is 0 Å². The summed E-state index contributed by atoms with van der Waals surface area (Å²) in [5.41, 5.74) is 4.08. The van der Waals surface area contributed by atoms with Crippen LogP contribution in [0.2, 0.25) is 0 Å². The van der Waals surface area contributed by atoms with E-state index in [1.54, 1.807) is 43.3 Å². The first-order chi connectivity index (χ1) is 12.3. The van der Waals surface area contributed by atoms with Crippen molar-refractivity contribution in [3.8, 4) is 22.3 Å². The molecule has 0 spiro atoms. The fraction of sp³-hybridized carbons (Fsp3) is 0.100. The molecule has 0 amide bonds. The summed E-state index contributed by atoms with van der Waals surface area (Å²) in [6.07, 6.45) is 0. The predicted molar refractivity (Wildman–Crippen MR) is 103 cm³/mol. The number of halogens is 1. The van der Waals surface area contributed by atoms with Gasteiger partial charge in [-0.2, -0.15) is 0 Å². The summed E-state index contributed by atoms with van der Waals surface area (Å²) in [4.78, 5) is 1.79. The van der Waals surface area contributed by atoms with Crippen molar-refractivity contribution in [2.75, 3.05) is 19.0 Å². The second-order valence-electron chi connectivity index (χ2n) is 6.18. The normalized spacial score (nSPS) is 11.4. The zero-order chi connectivity index (χ0) is 18.9. The molecule has 6 heteroatoms. The maximum Gasteiger partial charge on any atom is 0.238 e. The maximum absolute atomic E-state index is 14.0. The highest BCUT2D eigenvalue weighted by atomic mass is 32.2. The number of benzene rings is 3. The Kier molecular flexibility index (Phi) is 4.80. The number of sulfonamides is 1. The lowest BCUT2D eigenvalue weighted by atomic mass is 9.94. The second kappa shape index (κ2) is 6.90. The van der Waals surface area contributed by atoms with E-state index < -0.39 is 10.0 Å². The molecule has 0 aliphatic carbocycles. The SMILES string of the molecule is CN(C)c1cc(-c2ccccc2-c2ccc(S(N)(=O)=O)cc2)ccc1F. The molecule has 26 heavy (non-hydrogen) atoms. The van der Waals surface area contributed by atoms with E-state index in [0.717, 1.165) is 22.3 Å². The molecule has 0 heterocycles. The molecule has 2 N–H and O–H groups in total. The number of nitrogens with zero attached hydrogens (tertiary/aromatic N) is 1. The summed E-state index contributed by atoms with van der Waals surface area (Å²) in [5.74, 6) is -0.284. The molecule has 3 aromatic carbocycles. The lowest BCUT2D eigenvalue weighted by Crippen LogP contribution is -2.11. The number of anilines is 1. The summed E-state index contributed by atoms with van der Waals surface area (Å²) >= 11 is 0. The van der Waals surface area contributed by atoms with Crippen molar-refractivity contribution in [1.29, 1.82) is 0 Å². The van der Waals surface area contributed by atoms with Gasteiger partial charge in [-0.15, -0.1) is 0 Å². The Morgan fingerprint density at radius 1 is 0.846 bits per heavy atom. The first-order valence-corrected chi connectivity index (χ1v) is 9.51. The van der Waals surface area contributed by atoms with E-state index in [-0.39, 0.29) is 10.7 Å². The van der Waals surface area contributed by atoms with Gasteiger partial charge in [-0.05, 0) is 46.5 Å². The molecule has 134 valence electrons. The zero-order valence-electron chi connectivity index (χ0n) is 14.5. The van der Waals surface area contributed by atoms with Gasteiger partial charge in [0.1, 0.15) is 5.82 Å². The highest BCUT2D eigenvalue weighted by Crippen LogP contribution is 2.34. The van der Waals surface area contributed by atoms with E-state index in [9.17, 15) is 12.8 Å². The van der Waals surface area contributed by atoms with Crippen LogP contribution in [-0.2, 0) is 10.0 Å². The van der Waals surface area contributed by atoms with Crippen molar-refractivity contribution in [3.63, 3.8) is 0 Å². The topological polar surface area (TPSA) is 63.4 Å². The number of nitrogens with two attached hydrogens (primary N) is 1. The second-order valence-corrected chi connectivity index (χ2v) is 7.74. The molecule has 3 aromatic rings. The molecule has 0 radical (unpaired) electrons. The van der Waals surface area contributed by atoms with Crippen molar-refractivity contribution in [1.82, 2.24) is 0 Å². The van der Waals surface area contributed by atoms with Crippen molar-refractivity contribution in [2.24, 2.45) is 5.14 Å². The minimum absolute atomic E-state index is 0.0652. The molecule has 4 nitrogen and oxygen atoms in total. The molecular weight excluding hydrogens is 351 g/mol. The standard InChI is InChI=1S/C20H19FN2O2S/c1-23(2)20-13-15(9-12-19(20)21)18-6-4-3-5-17(18)14-7-10-16(11-8-14)26(22,24)25/h3-13H,1-2H3,(H2,22,24,25). The van der Waals surface area contributed by atoms with Gasteiger partial charge in [-0.3, -0.25) is 0 Å². The summed E-state index contributed by atoms with van der Waals surface area (Å²) in [5, 5.41) is 5.16. The Morgan fingerprint density at radius 2 is 1.38 bits per heavy atom. The first kappa shape index (κ1) is 18.1. The zero-order valence-corrected chi connectivity index (χ0v) is 15.3. The van der Waals surface area contributed by atoms with Crippen molar-refractivity contribution < 1.29 is 12.8 Å². The smallest absolute Gasteiger partial charge is 0.238 e. The quantitative estimate of drug-likeness (QED) is 0.758. The molecule has 0 saturated heterocycles. The van der Waals surface area contributed by atoms with Gasteiger partial charge in [0.2, 0.25) is 10.0 Å². The van der Waals surface area contributed by atoms with Crippen molar-refractivity contribution in [2.45, 2.75) is 4.90 Å². The van der Waals surface area contributed by atoms with Gasteiger partial charge in [0.25, 0.3) is 0 Å². The molecule has 0 aromatic heterocycles. The van der Waals surface area contributed by atoms with Crippen LogP contribution < -0.4 is 10.0 Å². The van der Waals surface area contributed by atoms with Crippen LogP contribution in [0.3, 0.4) is 0 Å². The third-order valence-electron chi connectivity index (χ3n) is 4.16. The number of primary sulfonamides is 1. The van der Waals surface area contributed by atoms with Gasteiger partial charge < -0.3 is 4.90 Å². The van der Waals surface area contributed by atoms with Crippen LogP contribution in [0.4, 0.5) is 10.1 Å². The Labute approximate surface area is 152 Å². The third-order valence-corrected chi connectivity index (χ3v) is 5.09. The average molecular weight is 370 g/mol. The molecule has 0 atom stereocenters. The van der Waals surface area contributed by atoms with E-state index in [0.29, 0.717) is 5.69 Å². The van der Waals surface area contributed by atoms with E-state index in [4.69, 9.17) is 5.14 Å². The molecule has 0 aliphatic heterocycles. The van der Waals surface area contributed by atoms with Crippen LogP contribution >= 0.6 is 0 Å². The summed E-state index contributed by atoms with van der Waals surface area (Å²) in [6, 6.07) is 19.1. The minimum Gasteiger partial charge on any atom is -0.375 e. The Morgan fingerprint density at radius 3 is 1.92 bits per heavy atom. The number of hydrogen-bond acceptors (Lipinski definition) is 3. The third kappa shape index (κ3) is 3.61. The van der Waals surface area contributed by atoms with Gasteiger partial charge in [0.15, 0.2) is 0 Å². The van der Waals surface area contributed by atoms with E-state index >= 15 is 0 Å². The molecular formula is C20H19FN2O2S. The molecule has 0 unspecified atom stereocenters. The molecule has 0 fully saturated rings. The average Bonchev–Trinajstić information content (AvgIpc) is 2.61. The van der Waals surface area contributed by atoms with Gasteiger partial charge in [0, 0.05) is 14.1 Å². The molecule has 0 bridgehead atoms. The maximum atomic E-state index is 14.0. The van der Waals surface area contributed by atoms with Crippen LogP contribution in [0.25, 0.3) is 22.3 Å². The lowest BCUT2D eigenvalue weighted by Gasteiger charge is -2.16. The monoisotopic (exact) mass is 370 g/mol. The van der Waals surface area contributed by atoms with E-state index in [1.165, 1.54) is 18.2 Å². The first-order valence-electron chi connectivity index (χ1n) is 7.97. The lowest BCUT2D eigenvalue weighted by molar-refractivity contribution is 0.598. The number of rotatable bonds is 4. The van der Waals surface area contributed by atoms with Crippen LogP contribution in [-0.4, -0.2) is 22.5 Å². The minimum atomic E-state index is -3.73.